The second kappa shape index (κ2) is 10.7. The number of aliphatic hydroxyl groups is 1. The van der Waals surface area contributed by atoms with E-state index in [1.54, 1.807) is 83.6 Å². The van der Waals surface area contributed by atoms with E-state index in [2.05, 4.69) is 10.2 Å². The zero-order valence-corrected chi connectivity index (χ0v) is 20.7. The van der Waals surface area contributed by atoms with Crippen LogP contribution in [-0.2, 0) is 0 Å². The minimum absolute atomic E-state index is 0.155. The number of amides is 2. The van der Waals surface area contributed by atoms with Crippen LogP contribution in [0.5, 0.6) is 0 Å². The third-order valence-electron chi connectivity index (χ3n) is 6.77. The Bertz CT molecular complexity index is 1450. The molecular formula is C30H28N4O4. The number of nitrogens with zero attached hydrogens (tertiary/aromatic N) is 2. The molecule has 0 bridgehead atoms. The van der Waals surface area contributed by atoms with Gasteiger partial charge >= 0.3 is 0 Å². The van der Waals surface area contributed by atoms with Gasteiger partial charge in [0.15, 0.2) is 5.78 Å². The standard InChI is InChI=1S/C30H28N4O4/c31-29(37)27-2-1-17-34(27)25-13-5-21(6-14-25)28(36)20-3-9-23(10-4-20)32-30(38)22-7-11-24(12-8-22)33-18-15-26(35)16-19-33/h1-14,17,26,35H,15-16,18-19H2,(H2,31,37)(H,32,38). The van der Waals surface area contributed by atoms with Crippen molar-refractivity contribution in [3.8, 4) is 5.69 Å². The predicted octanol–water partition coefficient (Wildman–Crippen LogP) is 4.02. The van der Waals surface area contributed by atoms with Crippen LogP contribution in [-0.4, -0.2) is 46.5 Å². The number of carbonyl (C=O) groups excluding carboxylic acids is 3. The van der Waals surface area contributed by atoms with Gasteiger partial charge in [-0.1, -0.05) is 0 Å². The maximum absolute atomic E-state index is 13.0. The lowest BCUT2D eigenvalue weighted by Gasteiger charge is -2.31. The Morgan fingerprint density at radius 1 is 0.763 bits per heavy atom. The number of aliphatic hydroxyl groups excluding tert-OH is 1. The van der Waals surface area contributed by atoms with Crippen molar-refractivity contribution in [2.45, 2.75) is 18.9 Å². The molecule has 0 spiro atoms. The molecule has 2 heterocycles. The van der Waals surface area contributed by atoms with Crippen molar-refractivity contribution in [1.29, 1.82) is 0 Å². The Morgan fingerprint density at radius 2 is 1.32 bits per heavy atom. The minimum Gasteiger partial charge on any atom is -0.393 e. The van der Waals surface area contributed by atoms with Gasteiger partial charge in [-0.15, -0.1) is 0 Å². The molecule has 1 aliphatic rings. The molecule has 8 heteroatoms. The molecule has 38 heavy (non-hydrogen) atoms. The van der Waals surface area contributed by atoms with Crippen molar-refractivity contribution in [2.24, 2.45) is 5.73 Å². The number of piperidine rings is 1. The van der Waals surface area contributed by atoms with Crippen molar-refractivity contribution in [3.05, 3.63) is 114 Å². The first kappa shape index (κ1) is 25.0. The quantitative estimate of drug-likeness (QED) is 0.326. The summed E-state index contributed by atoms with van der Waals surface area (Å²) in [6.45, 7) is 1.59. The lowest BCUT2D eigenvalue weighted by Crippen LogP contribution is -2.35. The molecule has 0 unspecified atom stereocenters. The fourth-order valence-corrected chi connectivity index (χ4v) is 4.60. The van der Waals surface area contributed by atoms with E-state index in [0.29, 0.717) is 28.1 Å². The molecule has 4 aromatic rings. The number of ketones is 1. The Labute approximate surface area is 220 Å². The van der Waals surface area contributed by atoms with Crippen LogP contribution in [0.3, 0.4) is 0 Å². The predicted molar refractivity (Wildman–Crippen MR) is 146 cm³/mol. The summed E-state index contributed by atoms with van der Waals surface area (Å²) in [5.41, 5.74) is 9.65. The van der Waals surface area contributed by atoms with Gasteiger partial charge in [-0.3, -0.25) is 14.4 Å². The van der Waals surface area contributed by atoms with E-state index >= 15 is 0 Å². The average Bonchev–Trinajstić information content (AvgIpc) is 3.44. The number of rotatable bonds is 7. The molecule has 1 aromatic heterocycles. The smallest absolute Gasteiger partial charge is 0.265 e. The van der Waals surface area contributed by atoms with Crippen LogP contribution in [0.25, 0.3) is 5.69 Å². The lowest BCUT2D eigenvalue weighted by molar-refractivity contribution is 0.0990. The highest BCUT2D eigenvalue weighted by Crippen LogP contribution is 2.22. The van der Waals surface area contributed by atoms with E-state index in [-0.39, 0.29) is 17.8 Å². The molecule has 0 saturated carbocycles. The summed E-state index contributed by atoms with van der Waals surface area (Å²) in [7, 11) is 0. The van der Waals surface area contributed by atoms with Gasteiger partial charge in [0.25, 0.3) is 11.8 Å². The van der Waals surface area contributed by atoms with Crippen molar-refractivity contribution >= 4 is 29.0 Å². The van der Waals surface area contributed by atoms with E-state index in [4.69, 9.17) is 5.73 Å². The lowest BCUT2D eigenvalue weighted by atomic mass is 10.0. The van der Waals surface area contributed by atoms with Gasteiger partial charge in [0.1, 0.15) is 5.69 Å². The van der Waals surface area contributed by atoms with Gasteiger partial charge in [-0.25, -0.2) is 0 Å². The Balaban J connectivity index is 1.21. The number of carbonyl (C=O) groups is 3. The highest BCUT2D eigenvalue weighted by Gasteiger charge is 2.18. The van der Waals surface area contributed by atoms with Crippen LogP contribution in [0.2, 0.25) is 0 Å². The van der Waals surface area contributed by atoms with Gasteiger partial charge in [-0.05, 0) is 97.8 Å². The molecule has 3 aromatic carbocycles. The molecule has 5 rings (SSSR count). The summed E-state index contributed by atoms with van der Waals surface area (Å²) in [5.74, 6) is -0.920. The largest absolute Gasteiger partial charge is 0.393 e. The maximum atomic E-state index is 13.0. The van der Waals surface area contributed by atoms with Crippen molar-refractivity contribution in [3.63, 3.8) is 0 Å². The molecule has 4 N–H and O–H groups in total. The summed E-state index contributed by atoms with van der Waals surface area (Å²) in [4.78, 5) is 39.5. The Morgan fingerprint density at radius 3 is 1.92 bits per heavy atom. The number of primary amides is 1. The van der Waals surface area contributed by atoms with Crippen molar-refractivity contribution < 1.29 is 19.5 Å². The van der Waals surface area contributed by atoms with Gasteiger partial charge in [0.2, 0.25) is 0 Å². The topological polar surface area (TPSA) is 118 Å². The molecule has 0 atom stereocenters. The molecule has 2 amide bonds. The highest BCUT2D eigenvalue weighted by molar-refractivity contribution is 6.09. The average molecular weight is 509 g/mol. The second-order valence-corrected chi connectivity index (χ2v) is 9.30. The SMILES string of the molecule is NC(=O)c1cccn1-c1ccc(C(=O)c2ccc(NC(=O)c3ccc(N4CCC(O)CC4)cc3)cc2)cc1. The molecule has 192 valence electrons. The number of anilines is 2. The van der Waals surface area contributed by atoms with Crippen molar-refractivity contribution in [2.75, 3.05) is 23.3 Å². The number of benzene rings is 3. The van der Waals surface area contributed by atoms with Crippen LogP contribution >= 0.6 is 0 Å². The van der Waals surface area contributed by atoms with Gasteiger partial charge in [0, 0.05) is 53.0 Å². The zero-order chi connectivity index (χ0) is 26.6. The Hall–Kier alpha value is -4.69. The number of hydrogen-bond acceptors (Lipinski definition) is 5. The van der Waals surface area contributed by atoms with E-state index in [1.165, 1.54) is 0 Å². The molecule has 1 fully saturated rings. The van der Waals surface area contributed by atoms with Crippen molar-refractivity contribution in [1.82, 2.24) is 4.57 Å². The molecule has 1 aliphatic heterocycles. The van der Waals surface area contributed by atoms with Gasteiger partial charge in [-0.2, -0.15) is 0 Å². The first-order valence-corrected chi connectivity index (χ1v) is 12.5. The monoisotopic (exact) mass is 508 g/mol. The van der Waals surface area contributed by atoms with Crippen LogP contribution in [0.1, 0.15) is 49.6 Å². The van der Waals surface area contributed by atoms with Gasteiger partial charge < -0.3 is 25.6 Å². The summed E-state index contributed by atoms with van der Waals surface area (Å²) < 4.78 is 1.67. The summed E-state index contributed by atoms with van der Waals surface area (Å²) in [6.07, 6.45) is 3.00. The fraction of sp³-hybridized carbons (Fsp3) is 0.167. The first-order chi connectivity index (χ1) is 18.4. The molecule has 0 aliphatic carbocycles. The minimum atomic E-state index is -0.529. The molecule has 0 radical (unpaired) electrons. The number of aromatic nitrogens is 1. The van der Waals surface area contributed by atoms with E-state index in [1.807, 2.05) is 12.1 Å². The summed E-state index contributed by atoms with van der Waals surface area (Å²) in [5, 5.41) is 12.6. The normalized spacial score (nSPS) is 13.8. The second-order valence-electron chi connectivity index (χ2n) is 9.30. The van der Waals surface area contributed by atoms with E-state index < -0.39 is 5.91 Å². The molecule has 1 saturated heterocycles. The summed E-state index contributed by atoms with van der Waals surface area (Å²) >= 11 is 0. The number of hydrogen-bond donors (Lipinski definition) is 3. The highest BCUT2D eigenvalue weighted by atomic mass is 16.3. The fourth-order valence-electron chi connectivity index (χ4n) is 4.60. The van der Waals surface area contributed by atoms with Crippen LogP contribution in [0.4, 0.5) is 11.4 Å². The molecule has 8 nitrogen and oxygen atoms in total. The van der Waals surface area contributed by atoms with Crippen LogP contribution in [0.15, 0.2) is 91.1 Å². The number of nitrogens with one attached hydrogen (secondary N) is 1. The number of nitrogens with two attached hydrogens (primary N) is 1. The van der Waals surface area contributed by atoms with E-state index in [0.717, 1.165) is 37.3 Å². The zero-order valence-electron chi connectivity index (χ0n) is 20.7. The van der Waals surface area contributed by atoms with E-state index in [9.17, 15) is 19.5 Å². The van der Waals surface area contributed by atoms with Crippen LogP contribution in [0, 0.1) is 0 Å². The third-order valence-corrected chi connectivity index (χ3v) is 6.77. The first-order valence-electron chi connectivity index (χ1n) is 12.5. The Kier molecular flexibility index (Phi) is 7.06. The third kappa shape index (κ3) is 5.35. The van der Waals surface area contributed by atoms with Gasteiger partial charge in [0.05, 0.1) is 6.10 Å². The molecular weight excluding hydrogens is 480 g/mol. The maximum Gasteiger partial charge on any atom is 0.265 e. The van der Waals surface area contributed by atoms with Crippen LogP contribution < -0.4 is 16.0 Å². The summed E-state index contributed by atoms with van der Waals surface area (Å²) in [6, 6.07) is 24.5.